The van der Waals surface area contributed by atoms with E-state index >= 15 is 0 Å². The number of rotatable bonds is 3. The molecule has 2 aliphatic heterocycles. The van der Waals surface area contributed by atoms with Crippen molar-refractivity contribution in [1.82, 2.24) is 5.32 Å². The first-order chi connectivity index (χ1) is 14.6. The SMILES string of the molecule is CC(C)(C)CO[C@@]1(c2cccc(Cl)c2)CC(=O)NCC[C@@]12C(=O)Nc1cc(Cl)ccc12. The van der Waals surface area contributed by atoms with Crippen LogP contribution in [0.4, 0.5) is 5.69 Å². The Labute approximate surface area is 192 Å². The molecule has 1 saturated heterocycles. The number of halogens is 2. The molecule has 0 radical (unpaired) electrons. The highest BCUT2D eigenvalue weighted by Crippen LogP contribution is 2.57. The van der Waals surface area contributed by atoms with Gasteiger partial charge in [0.05, 0.1) is 13.0 Å². The van der Waals surface area contributed by atoms with Crippen LogP contribution in [-0.4, -0.2) is 25.0 Å². The predicted octanol–water partition coefficient (Wildman–Crippen LogP) is 5.05. The van der Waals surface area contributed by atoms with Gasteiger partial charge in [0.25, 0.3) is 0 Å². The van der Waals surface area contributed by atoms with Gasteiger partial charge in [-0.15, -0.1) is 0 Å². The molecule has 0 bridgehead atoms. The minimum atomic E-state index is -1.24. The first kappa shape index (κ1) is 22.1. The predicted molar refractivity (Wildman–Crippen MR) is 123 cm³/mol. The van der Waals surface area contributed by atoms with Crippen molar-refractivity contribution in [2.24, 2.45) is 5.41 Å². The molecule has 0 aliphatic carbocycles. The number of hydrogen-bond acceptors (Lipinski definition) is 3. The molecule has 4 rings (SSSR count). The van der Waals surface area contributed by atoms with Gasteiger partial charge >= 0.3 is 0 Å². The van der Waals surface area contributed by atoms with E-state index in [0.717, 1.165) is 5.56 Å². The normalized spacial score (nSPS) is 25.7. The van der Waals surface area contributed by atoms with E-state index in [0.29, 0.717) is 40.9 Å². The number of nitrogens with one attached hydrogen (secondary N) is 2. The highest BCUT2D eigenvalue weighted by Gasteiger charge is 2.64. The van der Waals surface area contributed by atoms with Crippen LogP contribution in [0, 0.1) is 5.41 Å². The van der Waals surface area contributed by atoms with Crippen molar-refractivity contribution in [3.63, 3.8) is 0 Å². The molecule has 31 heavy (non-hydrogen) atoms. The summed E-state index contributed by atoms with van der Waals surface area (Å²) < 4.78 is 6.71. The second-order valence-electron chi connectivity index (χ2n) is 9.51. The molecule has 0 saturated carbocycles. The molecule has 1 spiro atoms. The van der Waals surface area contributed by atoms with E-state index in [1.165, 1.54) is 0 Å². The summed E-state index contributed by atoms with van der Waals surface area (Å²) in [6.45, 7) is 6.89. The van der Waals surface area contributed by atoms with Crippen molar-refractivity contribution in [1.29, 1.82) is 0 Å². The molecule has 2 atom stereocenters. The molecule has 2 N–H and O–H groups in total. The van der Waals surface area contributed by atoms with E-state index in [4.69, 9.17) is 27.9 Å². The number of amides is 2. The zero-order valence-electron chi connectivity index (χ0n) is 17.9. The monoisotopic (exact) mass is 460 g/mol. The quantitative estimate of drug-likeness (QED) is 0.672. The summed E-state index contributed by atoms with van der Waals surface area (Å²) in [5.41, 5.74) is -0.408. The van der Waals surface area contributed by atoms with Gasteiger partial charge in [-0.05, 0) is 47.2 Å². The Bertz CT molecular complexity index is 1050. The first-order valence-electron chi connectivity index (χ1n) is 10.4. The third kappa shape index (κ3) is 3.73. The summed E-state index contributed by atoms with van der Waals surface area (Å²) in [7, 11) is 0. The Hall–Kier alpha value is -2.08. The maximum absolute atomic E-state index is 13.8. The van der Waals surface area contributed by atoms with Crippen molar-refractivity contribution < 1.29 is 14.3 Å². The Morgan fingerprint density at radius 1 is 1.06 bits per heavy atom. The van der Waals surface area contributed by atoms with Crippen LogP contribution in [0.2, 0.25) is 10.0 Å². The number of benzene rings is 2. The lowest BCUT2D eigenvalue weighted by atomic mass is 9.61. The first-order valence-corrected chi connectivity index (χ1v) is 11.1. The lowest BCUT2D eigenvalue weighted by Gasteiger charge is -2.47. The average Bonchev–Trinajstić information content (AvgIpc) is 2.85. The van der Waals surface area contributed by atoms with Gasteiger partial charge in [0, 0.05) is 22.3 Å². The minimum absolute atomic E-state index is 0.00108. The van der Waals surface area contributed by atoms with Crippen molar-refractivity contribution in [3.05, 3.63) is 63.6 Å². The topological polar surface area (TPSA) is 67.4 Å². The molecule has 7 heteroatoms. The van der Waals surface area contributed by atoms with Crippen LogP contribution in [0.1, 0.15) is 44.7 Å². The fourth-order valence-electron chi connectivity index (χ4n) is 4.71. The van der Waals surface area contributed by atoms with Gasteiger partial charge in [-0.25, -0.2) is 0 Å². The standard InChI is InChI=1S/C24H26Cl2N2O3/c1-22(2,3)14-31-24(15-5-4-6-16(25)11-15)13-20(29)27-10-9-23(24)18-8-7-17(26)12-19(18)28-21(23)30/h4-8,11-12H,9-10,13-14H2,1-3H3,(H,27,29)(H,28,30)/t23-,24-/m1/s1. The number of anilines is 1. The summed E-state index contributed by atoms with van der Waals surface area (Å²) in [5, 5.41) is 6.99. The van der Waals surface area contributed by atoms with E-state index in [1.807, 2.05) is 18.2 Å². The van der Waals surface area contributed by atoms with Gasteiger partial charge in [-0.3, -0.25) is 9.59 Å². The highest BCUT2D eigenvalue weighted by molar-refractivity contribution is 6.31. The van der Waals surface area contributed by atoms with E-state index < -0.39 is 11.0 Å². The zero-order chi connectivity index (χ0) is 22.4. The van der Waals surface area contributed by atoms with E-state index in [1.54, 1.807) is 24.3 Å². The fraction of sp³-hybridized carbons (Fsp3) is 0.417. The molecule has 2 heterocycles. The van der Waals surface area contributed by atoms with Crippen LogP contribution in [0.15, 0.2) is 42.5 Å². The van der Waals surface area contributed by atoms with Crippen molar-refractivity contribution in [2.45, 2.75) is 44.6 Å². The largest absolute Gasteiger partial charge is 0.368 e. The number of carbonyl (C=O) groups excluding carboxylic acids is 2. The molecule has 1 fully saturated rings. The summed E-state index contributed by atoms with van der Waals surface area (Å²) in [5.74, 6) is -0.365. The van der Waals surface area contributed by atoms with Crippen LogP contribution in [0.25, 0.3) is 0 Å². The van der Waals surface area contributed by atoms with Crippen LogP contribution < -0.4 is 10.6 Å². The molecular weight excluding hydrogens is 435 g/mol. The molecule has 2 aliphatic rings. The minimum Gasteiger partial charge on any atom is -0.368 e. The lowest BCUT2D eigenvalue weighted by molar-refractivity contribution is -0.158. The number of carbonyl (C=O) groups is 2. The van der Waals surface area contributed by atoms with Crippen molar-refractivity contribution in [2.75, 3.05) is 18.5 Å². The smallest absolute Gasteiger partial charge is 0.238 e. The molecule has 5 nitrogen and oxygen atoms in total. The van der Waals surface area contributed by atoms with Crippen LogP contribution in [-0.2, 0) is 25.3 Å². The Morgan fingerprint density at radius 3 is 2.52 bits per heavy atom. The second-order valence-corrected chi connectivity index (χ2v) is 10.4. The number of hydrogen-bond donors (Lipinski definition) is 2. The maximum Gasteiger partial charge on any atom is 0.238 e. The van der Waals surface area contributed by atoms with E-state index in [9.17, 15) is 9.59 Å². The Morgan fingerprint density at radius 2 is 1.81 bits per heavy atom. The Balaban J connectivity index is 2.03. The van der Waals surface area contributed by atoms with Crippen molar-refractivity contribution in [3.8, 4) is 0 Å². The van der Waals surface area contributed by atoms with Crippen LogP contribution >= 0.6 is 23.2 Å². The third-order valence-electron chi connectivity index (χ3n) is 6.04. The summed E-state index contributed by atoms with van der Waals surface area (Å²) in [4.78, 5) is 26.7. The van der Waals surface area contributed by atoms with Gasteiger partial charge in [0.15, 0.2) is 0 Å². The highest BCUT2D eigenvalue weighted by atomic mass is 35.5. The molecule has 0 aromatic heterocycles. The van der Waals surface area contributed by atoms with Gasteiger partial charge in [-0.1, -0.05) is 62.2 Å². The second kappa shape index (κ2) is 7.80. The Kier molecular flexibility index (Phi) is 5.57. The number of ether oxygens (including phenoxy) is 1. The molecule has 2 aromatic carbocycles. The summed E-state index contributed by atoms with van der Waals surface area (Å²) >= 11 is 12.6. The summed E-state index contributed by atoms with van der Waals surface area (Å²) in [6.07, 6.45) is 0.384. The fourth-order valence-corrected chi connectivity index (χ4v) is 5.07. The maximum atomic E-state index is 13.8. The van der Waals surface area contributed by atoms with Gasteiger partial charge < -0.3 is 15.4 Å². The number of fused-ring (bicyclic) bond motifs is 2. The van der Waals surface area contributed by atoms with Crippen molar-refractivity contribution >= 4 is 40.7 Å². The van der Waals surface area contributed by atoms with Gasteiger partial charge in [0.1, 0.15) is 11.0 Å². The molecular formula is C24H26Cl2N2O3. The van der Waals surface area contributed by atoms with E-state index in [2.05, 4.69) is 31.4 Å². The molecule has 164 valence electrons. The zero-order valence-corrected chi connectivity index (χ0v) is 19.4. The average molecular weight is 461 g/mol. The summed E-state index contributed by atoms with van der Waals surface area (Å²) in [6, 6.07) is 12.7. The third-order valence-corrected chi connectivity index (χ3v) is 6.51. The molecule has 2 amide bonds. The van der Waals surface area contributed by atoms with Gasteiger partial charge in [0.2, 0.25) is 11.8 Å². The lowest BCUT2D eigenvalue weighted by Crippen LogP contribution is -2.56. The van der Waals surface area contributed by atoms with E-state index in [-0.39, 0.29) is 23.7 Å². The van der Waals surface area contributed by atoms with Crippen LogP contribution in [0.5, 0.6) is 0 Å². The molecule has 0 unspecified atom stereocenters. The van der Waals surface area contributed by atoms with Crippen LogP contribution in [0.3, 0.4) is 0 Å². The molecule has 2 aromatic rings. The van der Waals surface area contributed by atoms with Gasteiger partial charge in [-0.2, -0.15) is 0 Å².